The van der Waals surface area contributed by atoms with Gasteiger partial charge in [-0.15, -0.1) is 5.10 Å². The molecule has 1 saturated heterocycles. The maximum absolute atomic E-state index is 13.5. The molecule has 1 unspecified atom stereocenters. The van der Waals surface area contributed by atoms with Gasteiger partial charge in [0.25, 0.3) is 0 Å². The quantitative estimate of drug-likeness (QED) is 0.924. The largest absolute Gasteiger partial charge is 0.408 e. The molecule has 1 aliphatic heterocycles. The second-order valence-electron chi connectivity index (χ2n) is 5.20. The Morgan fingerprint density at radius 1 is 1.27 bits per heavy atom. The maximum Gasteiger partial charge on any atom is 0.320 e. The van der Waals surface area contributed by atoms with Crippen molar-refractivity contribution in [3.63, 3.8) is 0 Å². The zero-order valence-electron chi connectivity index (χ0n) is 11.4. The zero-order valence-corrected chi connectivity index (χ0v) is 12.2. The van der Waals surface area contributed by atoms with Crippen LogP contribution in [0.3, 0.4) is 0 Å². The number of halogens is 2. The molecule has 22 heavy (non-hydrogen) atoms. The van der Waals surface area contributed by atoms with E-state index >= 15 is 0 Å². The van der Waals surface area contributed by atoms with Crippen LogP contribution in [0.25, 0.3) is 0 Å². The summed E-state index contributed by atoms with van der Waals surface area (Å²) in [5, 5.41) is 9.82. The van der Waals surface area contributed by atoms with Crippen molar-refractivity contribution < 1.29 is 21.6 Å². The van der Waals surface area contributed by atoms with Gasteiger partial charge >= 0.3 is 6.01 Å². The molecule has 118 valence electrons. The van der Waals surface area contributed by atoms with Crippen LogP contribution in [0.4, 0.5) is 20.5 Å². The van der Waals surface area contributed by atoms with E-state index < -0.39 is 21.5 Å². The van der Waals surface area contributed by atoms with Crippen LogP contribution >= 0.6 is 0 Å². The summed E-state index contributed by atoms with van der Waals surface area (Å²) in [5.74, 6) is -1.12. The minimum atomic E-state index is -2.97. The first kappa shape index (κ1) is 14.9. The highest BCUT2D eigenvalue weighted by Crippen LogP contribution is 2.25. The Labute approximate surface area is 125 Å². The number of hydrogen-bond donors (Lipinski definition) is 1. The van der Waals surface area contributed by atoms with E-state index in [1.54, 1.807) is 0 Å². The third-order valence-electron chi connectivity index (χ3n) is 3.45. The average Bonchev–Trinajstić information content (AvgIpc) is 3.01. The van der Waals surface area contributed by atoms with Crippen molar-refractivity contribution >= 4 is 21.5 Å². The van der Waals surface area contributed by atoms with E-state index in [0.717, 1.165) is 12.1 Å². The van der Waals surface area contributed by atoms with Crippen molar-refractivity contribution in [1.82, 2.24) is 10.2 Å². The highest BCUT2D eigenvalue weighted by atomic mass is 32.2. The number of nitrogens with one attached hydrogen (secondary N) is 1. The molecule has 3 rings (SSSR count). The number of nitrogens with zero attached hydrogens (tertiary/aromatic N) is 2. The first-order chi connectivity index (χ1) is 10.4. The minimum Gasteiger partial charge on any atom is -0.408 e. The lowest BCUT2D eigenvalue weighted by Gasteiger charge is -2.04. The van der Waals surface area contributed by atoms with Gasteiger partial charge in [-0.3, -0.25) is 0 Å². The molecule has 2 heterocycles. The number of aromatic nitrogens is 2. The molecule has 0 bridgehead atoms. The Bertz CT molecular complexity index is 771. The first-order valence-corrected chi connectivity index (χ1v) is 8.49. The Morgan fingerprint density at radius 2 is 2.00 bits per heavy atom. The molecule has 1 fully saturated rings. The van der Waals surface area contributed by atoms with Gasteiger partial charge in [-0.05, 0) is 24.5 Å². The number of hydrogen-bond acceptors (Lipinski definition) is 6. The average molecular weight is 329 g/mol. The molecule has 0 saturated carbocycles. The fraction of sp³-hybridized carbons (Fsp3) is 0.385. The maximum atomic E-state index is 13.5. The third kappa shape index (κ3) is 3.24. The van der Waals surface area contributed by atoms with Crippen LogP contribution in [0, 0.1) is 17.6 Å². The minimum absolute atomic E-state index is 0.0662. The number of sulfone groups is 1. The van der Waals surface area contributed by atoms with E-state index in [1.807, 2.05) is 0 Å². The van der Waals surface area contributed by atoms with E-state index in [9.17, 15) is 17.2 Å². The predicted octanol–water partition coefficient (Wildman–Crippen LogP) is 2.07. The van der Waals surface area contributed by atoms with E-state index in [-0.39, 0.29) is 35.0 Å². The summed E-state index contributed by atoms with van der Waals surface area (Å²) in [7, 11) is -2.97. The highest BCUT2D eigenvalue weighted by Gasteiger charge is 2.29. The molecular formula is C13H13F2N3O3S. The topological polar surface area (TPSA) is 85.1 Å². The van der Waals surface area contributed by atoms with Crippen LogP contribution in [0.15, 0.2) is 22.6 Å². The van der Waals surface area contributed by atoms with Crippen molar-refractivity contribution in [2.75, 3.05) is 16.8 Å². The summed E-state index contributed by atoms with van der Waals surface area (Å²) in [6, 6.07) is 3.31. The fourth-order valence-corrected chi connectivity index (χ4v) is 4.25. The van der Waals surface area contributed by atoms with Crippen molar-refractivity contribution in [2.45, 2.75) is 12.8 Å². The van der Waals surface area contributed by atoms with Gasteiger partial charge in [-0.1, -0.05) is 11.2 Å². The standard InChI is InChI=1S/C13H13F2N3O3S/c14-9-2-1-3-10(15)12(9)16-13-18-17-11(21-13)6-8-4-5-22(19,20)7-8/h1-3,8H,4-7H2,(H,16,18). The second-order valence-corrected chi connectivity index (χ2v) is 7.42. The van der Waals surface area contributed by atoms with Crippen LogP contribution in [-0.2, 0) is 16.3 Å². The molecule has 9 heteroatoms. The monoisotopic (exact) mass is 329 g/mol. The molecule has 1 aromatic heterocycles. The van der Waals surface area contributed by atoms with E-state index in [4.69, 9.17) is 4.42 Å². The van der Waals surface area contributed by atoms with Crippen molar-refractivity contribution in [3.8, 4) is 0 Å². The summed E-state index contributed by atoms with van der Waals surface area (Å²) in [6.45, 7) is 0. The predicted molar refractivity (Wildman–Crippen MR) is 74.4 cm³/mol. The number of benzene rings is 1. The highest BCUT2D eigenvalue weighted by molar-refractivity contribution is 7.91. The molecule has 0 spiro atoms. The van der Waals surface area contributed by atoms with Gasteiger partial charge in [0.05, 0.1) is 11.5 Å². The van der Waals surface area contributed by atoms with Crippen LogP contribution in [0.1, 0.15) is 12.3 Å². The zero-order chi connectivity index (χ0) is 15.7. The van der Waals surface area contributed by atoms with Gasteiger partial charge in [-0.25, -0.2) is 17.2 Å². The van der Waals surface area contributed by atoms with Crippen LogP contribution in [-0.4, -0.2) is 30.1 Å². The van der Waals surface area contributed by atoms with Gasteiger partial charge in [0.15, 0.2) is 9.84 Å². The molecule has 2 aromatic rings. The first-order valence-electron chi connectivity index (χ1n) is 6.67. The molecule has 0 radical (unpaired) electrons. The van der Waals surface area contributed by atoms with E-state index in [1.165, 1.54) is 6.07 Å². The molecule has 0 amide bonds. The smallest absolute Gasteiger partial charge is 0.320 e. The lowest BCUT2D eigenvalue weighted by atomic mass is 10.1. The SMILES string of the molecule is O=S1(=O)CCC(Cc2nnc(Nc3c(F)cccc3F)o2)C1. The van der Waals surface area contributed by atoms with Crippen LogP contribution in [0.2, 0.25) is 0 Å². The lowest BCUT2D eigenvalue weighted by Crippen LogP contribution is -2.07. The Balaban J connectivity index is 1.69. The molecule has 1 aliphatic rings. The normalized spacial score (nSPS) is 20.2. The summed E-state index contributed by atoms with van der Waals surface area (Å²) in [5.41, 5.74) is -0.374. The summed E-state index contributed by atoms with van der Waals surface area (Å²) in [4.78, 5) is 0. The second kappa shape index (κ2) is 5.64. The molecule has 1 aromatic carbocycles. The molecule has 0 aliphatic carbocycles. The van der Waals surface area contributed by atoms with Crippen LogP contribution in [0.5, 0.6) is 0 Å². The van der Waals surface area contributed by atoms with E-state index in [2.05, 4.69) is 15.5 Å². The van der Waals surface area contributed by atoms with Crippen molar-refractivity contribution in [3.05, 3.63) is 35.7 Å². The van der Waals surface area contributed by atoms with Crippen LogP contribution < -0.4 is 5.32 Å². The molecule has 1 atom stereocenters. The number of anilines is 2. The Hall–Kier alpha value is -2.03. The van der Waals surface area contributed by atoms with Gasteiger partial charge in [0, 0.05) is 6.42 Å². The summed E-state index contributed by atoms with van der Waals surface area (Å²) >= 11 is 0. The summed E-state index contributed by atoms with van der Waals surface area (Å²) in [6.07, 6.45) is 0.878. The molecule has 1 N–H and O–H groups in total. The van der Waals surface area contributed by atoms with Gasteiger partial charge < -0.3 is 9.73 Å². The molecule has 6 nitrogen and oxygen atoms in total. The lowest BCUT2D eigenvalue weighted by molar-refractivity contribution is 0.455. The fourth-order valence-electron chi connectivity index (χ4n) is 2.39. The van der Waals surface area contributed by atoms with Gasteiger partial charge in [-0.2, -0.15) is 0 Å². The van der Waals surface area contributed by atoms with Crippen molar-refractivity contribution in [1.29, 1.82) is 0 Å². The Kier molecular flexibility index (Phi) is 3.81. The van der Waals surface area contributed by atoms with Crippen molar-refractivity contribution in [2.24, 2.45) is 5.92 Å². The third-order valence-corrected chi connectivity index (χ3v) is 5.29. The van der Waals surface area contributed by atoms with Gasteiger partial charge in [0.1, 0.15) is 17.3 Å². The number of rotatable bonds is 4. The van der Waals surface area contributed by atoms with Gasteiger partial charge in [0.2, 0.25) is 5.89 Å². The molecular weight excluding hydrogens is 316 g/mol. The van der Waals surface area contributed by atoms with E-state index in [0.29, 0.717) is 12.8 Å². The summed E-state index contributed by atoms with van der Waals surface area (Å²) < 4.78 is 55.0. The Morgan fingerprint density at radius 3 is 2.64 bits per heavy atom. The number of para-hydroxylation sites is 1.